The first-order chi connectivity index (χ1) is 11.0. The van der Waals surface area contributed by atoms with Gasteiger partial charge in [0.25, 0.3) is 0 Å². The molecule has 1 aliphatic carbocycles. The van der Waals surface area contributed by atoms with Crippen molar-refractivity contribution in [2.45, 2.75) is 83.3 Å². The zero-order valence-corrected chi connectivity index (χ0v) is 15.4. The summed E-state index contributed by atoms with van der Waals surface area (Å²) in [6, 6.07) is -0.176. The minimum absolute atomic E-state index is 0.169. The standard InChI is InChI=1S/C18H31F2NO3/c1-14(23-5)8-6-7-13-21(16(22)24-17(2,3)4)15-9-11-18(19,20)12-10-15/h15H,1,6-13H2,2-5H3. The fraction of sp³-hybridized carbons (Fsp3) is 0.833. The number of halogens is 2. The van der Waals surface area contributed by atoms with Crippen molar-refractivity contribution in [3.05, 3.63) is 12.3 Å². The molecule has 0 atom stereocenters. The zero-order valence-electron chi connectivity index (χ0n) is 15.4. The van der Waals surface area contributed by atoms with Gasteiger partial charge in [0.05, 0.1) is 12.9 Å². The third kappa shape index (κ3) is 7.49. The van der Waals surface area contributed by atoms with E-state index in [0.717, 1.165) is 19.3 Å². The van der Waals surface area contributed by atoms with E-state index >= 15 is 0 Å². The molecule has 0 aromatic rings. The normalized spacial score (nSPS) is 18.1. The number of unbranched alkanes of at least 4 members (excludes halogenated alkanes) is 1. The van der Waals surface area contributed by atoms with Crippen LogP contribution < -0.4 is 0 Å². The highest BCUT2D eigenvalue weighted by Gasteiger charge is 2.39. The Balaban J connectivity index is 2.62. The number of methoxy groups -OCH3 is 1. The summed E-state index contributed by atoms with van der Waals surface area (Å²) in [5.41, 5.74) is -0.599. The summed E-state index contributed by atoms with van der Waals surface area (Å²) in [6.45, 7) is 9.69. The summed E-state index contributed by atoms with van der Waals surface area (Å²) in [5, 5.41) is 0. The number of rotatable bonds is 7. The van der Waals surface area contributed by atoms with E-state index < -0.39 is 17.6 Å². The molecule has 1 rings (SSSR count). The fourth-order valence-electron chi connectivity index (χ4n) is 2.79. The Labute approximate surface area is 144 Å². The van der Waals surface area contributed by atoms with E-state index in [1.165, 1.54) is 0 Å². The molecule has 6 heteroatoms. The summed E-state index contributed by atoms with van der Waals surface area (Å²) >= 11 is 0. The number of hydrogen-bond acceptors (Lipinski definition) is 3. The van der Waals surface area contributed by atoms with Gasteiger partial charge in [-0.2, -0.15) is 0 Å². The Morgan fingerprint density at radius 3 is 2.33 bits per heavy atom. The topological polar surface area (TPSA) is 38.8 Å². The van der Waals surface area contributed by atoms with E-state index in [1.54, 1.807) is 32.8 Å². The van der Waals surface area contributed by atoms with Crippen LogP contribution >= 0.6 is 0 Å². The molecule has 0 unspecified atom stereocenters. The van der Waals surface area contributed by atoms with Crippen molar-refractivity contribution >= 4 is 6.09 Å². The largest absolute Gasteiger partial charge is 0.502 e. The van der Waals surface area contributed by atoms with Crippen LogP contribution in [0.15, 0.2) is 12.3 Å². The van der Waals surface area contributed by atoms with Crippen LogP contribution in [-0.2, 0) is 9.47 Å². The van der Waals surface area contributed by atoms with Gasteiger partial charge in [-0.15, -0.1) is 0 Å². The highest BCUT2D eigenvalue weighted by atomic mass is 19.3. The molecule has 24 heavy (non-hydrogen) atoms. The zero-order chi connectivity index (χ0) is 18.4. The molecule has 0 heterocycles. The minimum atomic E-state index is -2.60. The fourth-order valence-corrected chi connectivity index (χ4v) is 2.79. The first kappa shape index (κ1) is 20.7. The van der Waals surface area contributed by atoms with Gasteiger partial charge >= 0.3 is 6.09 Å². The van der Waals surface area contributed by atoms with Crippen LogP contribution in [0.4, 0.5) is 13.6 Å². The number of allylic oxidation sites excluding steroid dienone is 1. The van der Waals surface area contributed by atoms with Crippen LogP contribution in [0.5, 0.6) is 0 Å². The lowest BCUT2D eigenvalue weighted by Gasteiger charge is -2.37. The lowest BCUT2D eigenvalue weighted by Crippen LogP contribution is -2.46. The van der Waals surface area contributed by atoms with Crippen molar-refractivity contribution in [2.75, 3.05) is 13.7 Å². The van der Waals surface area contributed by atoms with Crippen molar-refractivity contribution in [3.8, 4) is 0 Å². The van der Waals surface area contributed by atoms with Gasteiger partial charge in [-0.05, 0) is 46.5 Å². The molecule has 0 aromatic heterocycles. The monoisotopic (exact) mass is 347 g/mol. The van der Waals surface area contributed by atoms with Gasteiger partial charge in [0.1, 0.15) is 5.60 Å². The lowest BCUT2D eigenvalue weighted by atomic mass is 9.91. The molecule has 0 aromatic carbocycles. The van der Waals surface area contributed by atoms with E-state index in [0.29, 0.717) is 25.1 Å². The Morgan fingerprint density at radius 1 is 1.25 bits per heavy atom. The predicted molar refractivity (Wildman–Crippen MR) is 90.1 cm³/mol. The number of ether oxygens (including phenoxy) is 2. The summed E-state index contributed by atoms with van der Waals surface area (Å²) in [6.07, 6.45) is 2.19. The average Bonchev–Trinajstić information content (AvgIpc) is 2.46. The highest BCUT2D eigenvalue weighted by Crippen LogP contribution is 2.35. The number of hydrogen-bond donors (Lipinski definition) is 0. The molecule has 1 amide bonds. The SMILES string of the molecule is C=C(CCCCN(C(=O)OC(C)(C)C)C1CCC(F)(F)CC1)OC. The second-order valence-electron chi connectivity index (χ2n) is 7.46. The van der Waals surface area contributed by atoms with Crippen LogP contribution in [0.1, 0.15) is 65.7 Å². The van der Waals surface area contributed by atoms with Crippen LogP contribution in [-0.4, -0.2) is 42.2 Å². The summed E-state index contributed by atoms with van der Waals surface area (Å²) in [5.74, 6) is -1.90. The first-order valence-electron chi connectivity index (χ1n) is 8.63. The summed E-state index contributed by atoms with van der Waals surface area (Å²) in [7, 11) is 1.58. The minimum Gasteiger partial charge on any atom is -0.502 e. The molecule has 1 fully saturated rings. The van der Waals surface area contributed by atoms with Crippen LogP contribution in [0.2, 0.25) is 0 Å². The molecule has 1 aliphatic rings. The summed E-state index contributed by atoms with van der Waals surface area (Å²) < 4.78 is 37.3. The van der Waals surface area contributed by atoms with Gasteiger partial charge in [0, 0.05) is 31.8 Å². The molecular weight excluding hydrogens is 316 g/mol. The molecule has 0 aliphatic heterocycles. The third-order valence-corrected chi connectivity index (χ3v) is 4.15. The highest BCUT2D eigenvalue weighted by molar-refractivity contribution is 5.68. The van der Waals surface area contributed by atoms with Crippen molar-refractivity contribution in [2.24, 2.45) is 0 Å². The summed E-state index contributed by atoms with van der Waals surface area (Å²) in [4.78, 5) is 14.1. The van der Waals surface area contributed by atoms with E-state index in [4.69, 9.17) is 9.47 Å². The van der Waals surface area contributed by atoms with E-state index in [-0.39, 0.29) is 18.9 Å². The van der Waals surface area contributed by atoms with E-state index in [1.807, 2.05) is 0 Å². The number of amides is 1. The Kier molecular flexibility index (Phi) is 7.49. The van der Waals surface area contributed by atoms with Crippen molar-refractivity contribution < 1.29 is 23.0 Å². The van der Waals surface area contributed by atoms with Crippen LogP contribution in [0, 0.1) is 0 Å². The number of nitrogens with zero attached hydrogens (tertiary/aromatic N) is 1. The number of carbonyl (C=O) groups is 1. The quantitative estimate of drug-likeness (QED) is 0.473. The molecule has 0 spiro atoms. The average molecular weight is 347 g/mol. The molecule has 140 valence electrons. The van der Waals surface area contributed by atoms with Gasteiger partial charge in [0.2, 0.25) is 5.92 Å². The van der Waals surface area contributed by atoms with Crippen molar-refractivity contribution in [1.82, 2.24) is 4.90 Å². The molecule has 0 radical (unpaired) electrons. The molecular formula is C18H31F2NO3. The Bertz CT molecular complexity index is 422. The molecule has 4 nitrogen and oxygen atoms in total. The lowest BCUT2D eigenvalue weighted by molar-refractivity contribution is -0.0571. The van der Waals surface area contributed by atoms with Crippen molar-refractivity contribution in [3.63, 3.8) is 0 Å². The molecule has 0 N–H and O–H groups in total. The smallest absolute Gasteiger partial charge is 0.410 e. The maximum absolute atomic E-state index is 13.4. The second kappa shape index (κ2) is 8.67. The predicted octanol–water partition coefficient (Wildman–Crippen LogP) is 5.13. The molecule has 0 saturated heterocycles. The van der Waals surface area contributed by atoms with E-state index in [2.05, 4.69) is 6.58 Å². The van der Waals surface area contributed by atoms with Crippen LogP contribution in [0.3, 0.4) is 0 Å². The van der Waals surface area contributed by atoms with Gasteiger partial charge in [0.15, 0.2) is 0 Å². The number of carbonyl (C=O) groups excluding carboxylic acids is 1. The third-order valence-electron chi connectivity index (χ3n) is 4.15. The molecule has 0 bridgehead atoms. The van der Waals surface area contributed by atoms with Gasteiger partial charge in [-0.1, -0.05) is 6.58 Å². The van der Waals surface area contributed by atoms with Crippen molar-refractivity contribution in [1.29, 1.82) is 0 Å². The number of alkyl halides is 2. The Morgan fingerprint density at radius 2 is 1.83 bits per heavy atom. The molecule has 1 saturated carbocycles. The van der Waals surface area contributed by atoms with Gasteiger partial charge < -0.3 is 14.4 Å². The van der Waals surface area contributed by atoms with Crippen LogP contribution in [0.25, 0.3) is 0 Å². The van der Waals surface area contributed by atoms with E-state index in [9.17, 15) is 13.6 Å². The Hall–Kier alpha value is -1.33. The maximum atomic E-state index is 13.4. The second-order valence-corrected chi connectivity index (χ2v) is 7.46. The maximum Gasteiger partial charge on any atom is 0.410 e. The van der Waals surface area contributed by atoms with Gasteiger partial charge in [-0.25, -0.2) is 13.6 Å². The van der Waals surface area contributed by atoms with Gasteiger partial charge in [-0.3, -0.25) is 0 Å². The first-order valence-corrected chi connectivity index (χ1v) is 8.63.